The number of ether oxygens (including phenoxy) is 1. The molecule has 1 heterocycles. The Morgan fingerprint density at radius 2 is 1.65 bits per heavy atom. The summed E-state index contributed by atoms with van der Waals surface area (Å²) in [5.41, 5.74) is 4.25. The molecule has 0 radical (unpaired) electrons. The first-order valence-electron chi connectivity index (χ1n) is 6.54. The lowest BCUT2D eigenvalue weighted by molar-refractivity contribution is 0.411. The van der Waals surface area contributed by atoms with Crippen LogP contribution in [0.15, 0.2) is 60.8 Å². The molecule has 0 aliphatic heterocycles. The number of hydrogen-bond acceptors (Lipinski definition) is 2. The van der Waals surface area contributed by atoms with E-state index in [1.807, 2.05) is 60.3 Å². The Hall–Kier alpha value is -2.55. The molecule has 0 saturated carbocycles. The molecule has 0 unspecified atom stereocenters. The van der Waals surface area contributed by atoms with Crippen LogP contribution in [0.5, 0.6) is 5.75 Å². The third-order valence-corrected chi connectivity index (χ3v) is 3.32. The summed E-state index contributed by atoms with van der Waals surface area (Å²) in [6.07, 6.45) is 2.04. The van der Waals surface area contributed by atoms with Crippen molar-refractivity contribution in [2.45, 2.75) is 6.92 Å². The van der Waals surface area contributed by atoms with Crippen LogP contribution in [0.1, 0.15) is 5.69 Å². The first-order valence-corrected chi connectivity index (χ1v) is 6.54. The number of para-hydroxylation sites is 2. The van der Waals surface area contributed by atoms with E-state index in [4.69, 9.17) is 4.74 Å². The lowest BCUT2D eigenvalue weighted by Gasteiger charge is -2.07. The Morgan fingerprint density at radius 3 is 2.40 bits per heavy atom. The number of hydrogen-bond donors (Lipinski definition) is 0. The Morgan fingerprint density at radius 1 is 0.950 bits per heavy atom. The van der Waals surface area contributed by atoms with Crippen LogP contribution in [0.3, 0.4) is 0 Å². The van der Waals surface area contributed by atoms with Crippen molar-refractivity contribution < 1.29 is 4.74 Å². The van der Waals surface area contributed by atoms with E-state index in [2.05, 4.69) is 17.2 Å². The minimum atomic E-state index is 0.814. The summed E-state index contributed by atoms with van der Waals surface area (Å²) in [4.78, 5) is 0. The summed E-state index contributed by atoms with van der Waals surface area (Å²) in [6.45, 7) is 2.02. The highest BCUT2D eigenvalue weighted by molar-refractivity contribution is 5.65. The third-order valence-electron chi connectivity index (χ3n) is 3.32. The number of nitrogens with zero attached hydrogens (tertiary/aromatic N) is 2. The molecule has 3 nitrogen and oxygen atoms in total. The van der Waals surface area contributed by atoms with E-state index >= 15 is 0 Å². The second-order valence-corrected chi connectivity index (χ2v) is 4.61. The standard InChI is InChI=1S/C17H16N2O/c1-13-15(14-8-4-3-5-9-14)12-19(18-13)16-10-6-7-11-17(16)20-2/h3-12H,1-2H3. The first kappa shape index (κ1) is 12.5. The van der Waals surface area contributed by atoms with Gasteiger partial charge in [-0.25, -0.2) is 4.68 Å². The van der Waals surface area contributed by atoms with Gasteiger partial charge in [-0.1, -0.05) is 42.5 Å². The molecule has 0 aliphatic carbocycles. The van der Waals surface area contributed by atoms with Crippen LogP contribution in [-0.2, 0) is 0 Å². The van der Waals surface area contributed by atoms with E-state index in [1.54, 1.807) is 7.11 Å². The monoisotopic (exact) mass is 264 g/mol. The van der Waals surface area contributed by atoms with Gasteiger partial charge in [0.05, 0.1) is 12.8 Å². The fourth-order valence-corrected chi connectivity index (χ4v) is 2.30. The van der Waals surface area contributed by atoms with E-state index in [0.717, 1.165) is 22.7 Å². The third kappa shape index (κ3) is 2.18. The molecule has 0 fully saturated rings. The molecule has 100 valence electrons. The van der Waals surface area contributed by atoms with Gasteiger partial charge in [0, 0.05) is 11.8 Å². The molecule has 0 atom stereocenters. The summed E-state index contributed by atoms with van der Waals surface area (Å²) in [6, 6.07) is 18.2. The molecule has 3 heteroatoms. The molecule has 0 aliphatic rings. The van der Waals surface area contributed by atoms with Crippen molar-refractivity contribution in [3.63, 3.8) is 0 Å². The average Bonchev–Trinajstić information content (AvgIpc) is 2.90. The van der Waals surface area contributed by atoms with E-state index < -0.39 is 0 Å². The zero-order chi connectivity index (χ0) is 13.9. The van der Waals surface area contributed by atoms with Gasteiger partial charge in [0.2, 0.25) is 0 Å². The van der Waals surface area contributed by atoms with Crippen LogP contribution in [-0.4, -0.2) is 16.9 Å². The minimum Gasteiger partial charge on any atom is -0.494 e. The van der Waals surface area contributed by atoms with Crippen molar-refractivity contribution in [3.8, 4) is 22.6 Å². The molecular formula is C17H16N2O. The smallest absolute Gasteiger partial charge is 0.144 e. The number of aromatic nitrogens is 2. The summed E-state index contributed by atoms with van der Waals surface area (Å²) in [5.74, 6) is 0.814. The van der Waals surface area contributed by atoms with Crippen molar-refractivity contribution in [3.05, 3.63) is 66.5 Å². The van der Waals surface area contributed by atoms with Crippen molar-refractivity contribution in [2.75, 3.05) is 7.11 Å². The molecule has 0 saturated heterocycles. The number of aryl methyl sites for hydroxylation is 1. The summed E-state index contributed by atoms with van der Waals surface area (Å²) in [5, 5.41) is 4.60. The van der Waals surface area contributed by atoms with Gasteiger partial charge in [-0.2, -0.15) is 5.10 Å². The summed E-state index contributed by atoms with van der Waals surface area (Å²) < 4.78 is 7.27. The Balaban J connectivity index is 2.09. The second-order valence-electron chi connectivity index (χ2n) is 4.61. The average molecular weight is 264 g/mol. The van der Waals surface area contributed by atoms with Gasteiger partial charge in [-0.3, -0.25) is 0 Å². The molecule has 2 aromatic carbocycles. The van der Waals surface area contributed by atoms with E-state index in [1.165, 1.54) is 5.56 Å². The van der Waals surface area contributed by atoms with Crippen molar-refractivity contribution in [1.29, 1.82) is 0 Å². The molecule has 0 amide bonds. The zero-order valence-corrected chi connectivity index (χ0v) is 11.6. The molecular weight excluding hydrogens is 248 g/mol. The highest BCUT2D eigenvalue weighted by Crippen LogP contribution is 2.27. The molecule has 3 rings (SSSR count). The van der Waals surface area contributed by atoms with Crippen molar-refractivity contribution in [1.82, 2.24) is 9.78 Å². The van der Waals surface area contributed by atoms with E-state index in [0.29, 0.717) is 0 Å². The fraction of sp³-hybridized carbons (Fsp3) is 0.118. The highest BCUT2D eigenvalue weighted by atomic mass is 16.5. The van der Waals surface area contributed by atoms with Crippen molar-refractivity contribution >= 4 is 0 Å². The Labute approximate surface area is 118 Å². The van der Waals surface area contributed by atoms with Gasteiger partial charge in [-0.15, -0.1) is 0 Å². The highest BCUT2D eigenvalue weighted by Gasteiger charge is 2.10. The van der Waals surface area contributed by atoms with Gasteiger partial charge < -0.3 is 4.74 Å². The minimum absolute atomic E-state index is 0.814. The van der Waals surface area contributed by atoms with Crippen LogP contribution in [0, 0.1) is 6.92 Å². The van der Waals surface area contributed by atoms with E-state index in [9.17, 15) is 0 Å². The fourth-order valence-electron chi connectivity index (χ4n) is 2.30. The van der Waals surface area contributed by atoms with Gasteiger partial charge in [0.15, 0.2) is 0 Å². The zero-order valence-electron chi connectivity index (χ0n) is 11.6. The topological polar surface area (TPSA) is 27.1 Å². The van der Waals surface area contributed by atoms with Crippen LogP contribution < -0.4 is 4.74 Å². The Kier molecular flexibility index (Phi) is 3.25. The second kappa shape index (κ2) is 5.21. The number of methoxy groups -OCH3 is 1. The van der Waals surface area contributed by atoms with Gasteiger partial charge >= 0.3 is 0 Å². The molecule has 3 aromatic rings. The SMILES string of the molecule is COc1ccccc1-n1cc(-c2ccccc2)c(C)n1. The molecule has 1 aromatic heterocycles. The number of benzene rings is 2. The lowest BCUT2D eigenvalue weighted by Crippen LogP contribution is -1.98. The first-order chi connectivity index (χ1) is 9.79. The molecule has 0 bridgehead atoms. The summed E-state index contributed by atoms with van der Waals surface area (Å²) in [7, 11) is 1.67. The van der Waals surface area contributed by atoms with Gasteiger partial charge in [-0.05, 0) is 24.6 Å². The maximum absolute atomic E-state index is 5.39. The van der Waals surface area contributed by atoms with Crippen LogP contribution in [0.2, 0.25) is 0 Å². The normalized spacial score (nSPS) is 10.5. The molecule has 20 heavy (non-hydrogen) atoms. The maximum atomic E-state index is 5.39. The van der Waals surface area contributed by atoms with Gasteiger partial charge in [0.1, 0.15) is 11.4 Å². The van der Waals surface area contributed by atoms with E-state index in [-0.39, 0.29) is 0 Å². The summed E-state index contributed by atoms with van der Waals surface area (Å²) >= 11 is 0. The van der Waals surface area contributed by atoms with Crippen LogP contribution >= 0.6 is 0 Å². The maximum Gasteiger partial charge on any atom is 0.144 e. The predicted octanol–water partition coefficient (Wildman–Crippen LogP) is 3.86. The predicted molar refractivity (Wildman–Crippen MR) is 80.3 cm³/mol. The van der Waals surface area contributed by atoms with Gasteiger partial charge in [0.25, 0.3) is 0 Å². The molecule has 0 spiro atoms. The quantitative estimate of drug-likeness (QED) is 0.718. The lowest BCUT2D eigenvalue weighted by atomic mass is 10.1. The van der Waals surface area contributed by atoms with Crippen molar-refractivity contribution in [2.24, 2.45) is 0 Å². The number of rotatable bonds is 3. The van der Waals surface area contributed by atoms with Crippen LogP contribution in [0.4, 0.5) is 0 Å². The van der Waals surface area contributed by atoms with Crippen LogP contribution in [0.25, 0.3) is 16.8 Å². The largest absolute Gasteiger partial charge is 0.494 e. The Bertz CT molecular complexity index is 717. The molecule has 0 N–H and O–H groups in total.